The van der Waals surface area contributed by atoms with Crippen LogP contribution in [0.2, 0.25) is 0 Å². The van der Waals surface area contributed by atoms with Crippen molar-refractivity contribution < 1.29 is 13.2 Å². The molecule has 1 unspecified atom stereocenters. The number of piperidine rings is 1. The van der Waals surface area contributed by atoms with Crippen LogP contribution in [0.1, 0.15) is 33.1 Å². The fraction of sp³-hybridized carbons (Fsp3) is 0.611. The Bertz CT molecular complexity index is 734. The van der Waals surface area contributed by atoms with Crippen LogP contribution < -0.4 is 10.6 Å². The molecule has 0 aliphatic carbocycles. The zero-order chi connectivity index (χ0) is 19.3. The highest BCUT2D eigenvalue weighted by Crippen LogP contribution is 2.27. The van der Waals surface area contributed by atoms with Crippen molar-refractivity contribution in [2.45, 2.75) is 44.0 Å². The van der Waals surface area contributed by atoms with Gasteiger partial charge in [0.05, 0.1) is 22.8 Å². The number of benzene rings is 1. The number of carbonyl (C=O) groups excluding carboxylic acids is 1. The summed E-state index contributed by atoms with van der Waals surface area (Å²) in [5.74, 6) is 0.0421. The van der Waals surface area contributed by atoms with Crippen LogP contribution in [0.5, 0.6) is 0 Å². The van der Waals surface area contributed by atoms with E-state index in [1.807, 2.05) is 11.8 Å². The first kappa shape index (κ1) is 20.5. The van der Waals surface area contributed by atoms with Gasteiger partial charge in [-0.1, -0.05) is 0 Å². The first-order valence-corrected chi connectivity index (χ1v) is 10.5. The van der Waals surface area contributed by atoms with Gasteiger partial charge in [-0.2, -0.15) is 0 Å². The van der Waals surface area contributed by atoms with Gasteiger partial charge in [-0.25, -0.2) is 12.7 Å². The Balaban J connectivity index is 2.19. The normalized spacial score (nSPS) is 18.0. The van der Waals surface area contributed by atoms with E-state index in [4.69, 9.17) is 0 Å². The van der Waals surface area contributed by atoms with E-state index in [1.54, 1.807) is 18.2 Å². The van der Waals surface area contributed by atoms with E-state index in [0.29, 0.717) is 12.2 Å². The molecule has 1 heterocycles. The van der Waals surface area contributed by atoms with E-state index >= 15 is 0 Å². The van der Waals surface area contributed by atoms with Crippen LogP contribution in [-0.2, 0) is 14.8 Å². The molecule has 7 nitrogen and oxygen atoms in total. The van der Waals surface area contributed by atoms with Crippen LogP contribution in [0.25, 0.3) is 0 Å². The average molecular weight is 383 g/mol. The van der Waals surface area contributed by atoms with Crippen molar-refractivity contribution in [2.24, 2.45) is 0 Å². The first-order chi connectivity index (χ1) is 12.3. The van der Waals surface area contributed by atoms with E-state index in [-0.39, 0.29) is 23.4 Å². The van der Waals surface area contributed by atoms with E-state index < -0.39 is 10.0 Å². The van der Waals surface area contributed by atoms with Gasteiger partial charge in [-0.15, -0.1) is 0 Å². The molecular weight excluding hydrogens is 352 g/mol. The van der Waals surface area contributed by atoms with Crippen molar-refractivity contribution in [2.75, 3.05) is 44.4 Å². The molecule has 8 heteroatoms. The molecule has 1 aromatic carbocycles. The van der Waals surface area contributed by atoms with Crippen LogP contribution in [0.15, 0.2) is 23.1 Å². The second kappa shape index (κ2) is 8.73. The quantitative estimate of drug-likeness (QED) is 0.755. The van der Waals surface area contributed by atoms with Gasteiger partial charge in [0, 0.05) is 33.2 Å². The summed E-state index contributed by atoms with van der Waals surface area (Å²) in [6, 6.07) is 5.15. The monoisotopic (exact) mass is 382 g/mol. The fourth-order valence-electron chi connectivity index (χ4n) is 3.13. The summed E-state index contributed by atoms with van der Waals surface area (Å²) in [6.07, 6.45) is 3.23. The smallest absolute Gasteiger partial charge is 0.242 e. The minimum absolute atomic E-state index is 0.0421. The Morgan fingerprint density at radius 2 is 1.96 bits per heavy atom. The highest BCUT2D eigenvalue weighted by atomic mass is 32.2. The van der Waals surface area contributed by atoms with E-state index in [2.05, 4.69) is 17.6 Å². The number of hydrogen-bond donors (Lipinski definition) is 2. The molecule has 0 spiro atoms. The molecule has 0 saturated carbocycles. The molecule has 0 aromatic heterocycles. The van der Waals surface area contributed by atoms with Crippen LogP contribution in [0.3, 0.4) is 0 Å². The second-order valence-corrected chi connectivity index (χ2v) is 8.96. The molecule has 2 rings (SSSR count). The number of carbonyl (C=O) groups is 1. The van der Waals surface area contributed by atoms with Gasteiger partial charge in [0.2, 0.25) is 15.9 Å². The topological polar surface area (TPSA) is 81.8 Å². The molecule has 1 fully saturated rings. The van der Waals surface area contributed by atoms with Gasteiger partial charge >= 0.3 is 0 Å². The Morgan fingerprint density at radius 3 is 2.58 bits per heavy atom. The van der Waals surface area contributed by atoms with E-state index in [0.717, 1.165) is 31.5 Å². The van der Waals surface area contributed by atoms with Gasteiger partial charge in [-0.3, -0.25) is 4.79 Å². The Hall–Kier alpha value is -1.80. The maximum Gasteiger partial charge on any atom is 0.242 e. The minimum atomic E-state index is -3.53. The number of amides is 1. The van der Waals surface area contributed by atoms with Crippen LogP contribution in [0.4, 0.5) is 11.4 Å². The first-order valence-electron chi connectivity index (χ1n) is 9.11. The maximum atomic E-state index is 12.6. The molecule has 0 radical (unpaired) electrons. The van der Waals surface area contributed by atoms with E-state index in [1.165, 1.54) is 18.4 Å². The largest absolute Gasteiger partial charge is 0.384 e. The molecule has 1 aliphatic heterocycles. The number of nitrogens with zero attached hydrogens (tertiary/aromatic N) is 2. The molecule has 146 valence electrons. The lowest BCUT2D eigenvalue weighted by molar-refractivity contribution is -0.132. The summed E-state index contributed by atoms with van der Waals surface area (Å²) in [4.78, 5) is 14.7. The standard InChI is InChI=1S/C18H30N4O3S/c1-5-19-16-10-9-15(26(24,25)21(3)4)12-17(16)20-13-18(23)22-11-7-6-8-14(22)2/h9-10,12,14,19-20H,5-8,11,13H2,1-4H3. The van der Waals surface area contributed by atoms with Gasteiger partial charge in [0.25, 0.3) is 0 Å². The van der Waals surface area contributed by atoms with Crippen molar-refractivity contribution in [3.05, 3.63) is 18.2 Å². The average Bonchev–Trinajstić information content (AvgIpc) is 2.61. The Morgan fingerprint density at radius 1 is 1.23 bits per heavy atom. The molecule has 0 bridgehead atoms. The Kier molecular flexibility index (Phi) is 6.88. The summed E-state index contributed by atoms with van der Waals surface area (Å²) >= 11 is 0. The third kappa shape index (κ3) is 4.67. The number of anilines is 2. The van der Waals surface area contributed by atoms with Crippen molar-refractivity contribution in [3.63, 3.8) is 0 Å². The lowest BCUT2D eigenvalue weighted by atomic mass is 10.0. The third-order valence-electron chi connectivity index (χ3n) is 4.69. The number of nitrogens with one attached hydrogen (secondary N) is 2. The third-order valence-corrected chi connectivity index (χ3v) is 6.50. The zero-order valence-electron chi connectivity index (χ0n) is 16.1. The SMILES string of the molecule is CCNc1ccc(S(=O)(=O)N(C)C)cc1NCC(=O)N1CCCCC1C. The molecule has 2 N–H and O–H groups in total. The zero-order valence-corrected chi connectivity index (χ0v) is 16.9. The maximum absolute atomic E-state index is 12.6. The summed E-state index contributed by atoms with van der Waals surface area (Å²) in [5, 5.41) is 6.33. The predicted octanol–water partition coefficient (Wildman–Crippen LogP) is 2.18. The van der Waals surface area contributed by atoms with Crippen LogP contribution in [0, 0.1) is 0 Å². The molecule has 1 aliphatic rings. The summed E-state index contributed by atoms with van der Waals surface area (Å²) in [7, 11) is -0.525. The van der Waals surface area contributed by atoms with Gasteiger partial charge < -0.3 is 15.5 Å². The predicted molar refractivity (Wildman–Crippen MR) is 105 cm³/mol. The minimum Gasteiger partial charge on any atom is -0.384 e. The van der Waals surface area contributed by atoms with Crippen molar-refractivity contribution in [1.29, 1.82) is 0 Å². The molecule has 26 heavy (non-hydrogen) atoms. The molecule has 1 amide bonds. The van der Waals surface area contributed by atoms with Crippen molar-refractivity contribution in [1.82, 2.24) is 9.21 Å². The fourth-order valence-corrected chi connectivity index (χ4v) is 4.05. The number of rotatable bonds is 7. The van der Waals surface area contributed by atoms with Crippen molar-refractivity contribution >= 4 is 27.3 Å². The van der Waals surface area contributed by atoms with Gasteiger partial charge in [0.1, 0.15) is 0 Å². The highest BCUT2D eigenvalue weighted by Gasteiger charge is 2.23. The molecule has 1 aromatic rings. The number of sulfonamides is 1. The second-order valence-electron chi connectivity index (χ2n) is 6.81. The van der Waals surface area contributed by atoms with Crippen molar-refractivity contribution in [3.8, 4) is 0 Å². The molecular formula is C18H30N4O3S. The lowest BCUT2D eigenvalue weighted by Gasteiger charge is -2.33. The number of hydrogen-bond acceptors (Lipinski definition) is 5. The Labute approximate surface area is 156 Å². The van der Waals surface area contributed by atoms with Crippen LogP contribution in [-0.4, -0.2) is 63.3 Å². The van der Waals surface area contributed by atoms with Crippen LogP contribution >= 0.6 is 0 Å². The molecule has 1 atom stereocenters. The van der Waals surface area contributed by atoms with Gasteiger partial charge in [-0.05, 0) is 51.3 Å². The van der Waals surface area contributed by atoms with Gasteiger partial charge in [0.15, 0.2) is 0 Å². The molecule has 1 saturated heterocycles. The summed E-state index contributed by atoms with van der Waals surface area (Å²) in [6.45, 7) is 5.68. The van der Waals surface area contributed by atoms with E-state index in [9.17, 15) is 13.2 Å². The summed E-state index contributed by atoms with van der Waals surface area (Å²) < 4.78 is 25.9. The lowest BCUT2D eigenvalue weighted by Crippen LogP contribution is -2.44. The highest BCUT2D eigenvalue weighted by molar-refractivity contribution is 7.89. The summed E-state index contributed by atoms with van der Waals surface area (Å²) in [5.41, 5.74) is 1.40. The number of likely N-dealkylation sites (tertiary alicyclic amines) is 1.